The number of hydrogen-bond donors (Lipinski definition) is 6. The lowest BCUT2D eigenvalue weighted by molar-refractivity contribution is -0.142. The van der Waals surface area contributed by atoms with Gasteiger partial charge < -0.3 is 32.5 Å². The number of carboxylic acid groups (broad SMARTS) is 1. The van der Waals surface area contributed by atoms with Crippen LogP contribution in [0.3, 0.4) is 0 Å². The lowest BCUT2D eigenvalue weighted by Gasteiger charge is -2.19. The van der Waals surface area contributed by atoms with Crippen LogP contribution in [-0.4, -0.2) is 71.4 Å². The molecule has 27 heavy (non-hydrogen) atoms. The molecule has 0 spiro atoms. The lowest BCUT2D eigenvalue weighted by Crippen LogP contribution is -2.53. The van der Waals surface area contributed by atoms with E-state index in [0.717, 1.165) is 0 Å². The molecule has 0 radical (unpaired) electrons. The van der Waals surface area contributed by atoms with Gasteiger partial charge in [-0.2, -0.15) is 11.8 Å². The van der Waals surface area contributed by atoms with Crippen molar-refractivity contribution in [3.63, 3.8) is 0 Å². The van der Waals surface area contributed by atoms with Crippen LogP contribution in [0.1, 0.15) is 26.2 Å². The van der Waals surface area contributed by atoms with Gasteiger partial charge in [0.25, 0.3) is 0 Å². The molecule has 0 aliphatic heterocycles. The summed E-state index contributed by atoms with van der Waals surface area (Å²) in [6, 6.07) is -2.96. The Labute approximate surface area is 161 Å². The zero-order valence-electron chi connectivity index (χ0n) is 15.3. The van der Waals surface area contributed by atoms with Gasteiger partial charge in [-0.15, -0.1) is 0 Å². The number of aliphatic carboxylic acids is 1. The van der Waals surface area contributed by atoms with Crippen LogP contribution < -0.4 is 27.4 Å². The average Bonchev–Trinajstić information content (AvgIpc) is 2.59. The summed E-state index contributed by atoms with van der Waals surface area (Å²) < 4.78 is 0. The van der Waals surface area contributed by atoms with Crippen molar-refractivity contribution in [2.75, 3.05) is 18.6 Å². The molecule has 3 unspecified atom stereocenters. The van der Waals surface area contributed by atoms with Crippen LogP contribution in [0.4, 0.5) is 0 Å². The number of carboxylic acids is 1. The largest absolute Gasteiger partial charge is 0.480 e. The number of hydrogen-bond acceptors (Lipinski definition) is 7. The molecule has 0 aromatic heterocycles. The van der Waals surface area contributed by atoms with E-state index in [2.05, 4.69) is 16.0 Å². The summed E-state index contributed by atoms with van der Waals surface area (Å²) in [7, 11) is 0. The third-order valence-electron chi connectivity index (χ3n) is 3.39. The van der Waals surface area contributed by atoms with E-state index in [1.54, 1.807) is 0 Å². The smallest absolute Gasteiger partial charge is 0.326 e. The number of thioether (sulfide) groups is 1. The van der Waals surface area contributed by atoms with Crippen molar-refractivity contribution >= 4 is 41.4 Å². The Morgan fingerprint density at radius 3 is 2.15 bits per heavy atom. The summed E-state index contributed by atoms with van der Waals surface area (Å²) in [4.78, 5) is 57.6. The van der Waals surface area contributed by atoms with Gasteiger partial charge in [0.15, 0.2) is 0 Å². The van der Waals surface area contributed by atoms with Crippen molar-refractivity contribution in [3.8, 4) is 0 Å². The van der Waals surface area contributed by atoms with Crippen molar-refractivity contribution in [2.45, 2.75) is 44.3 Å². The van der Waals surface area contributed by atoms with Crippen LogP contribution in [0.25, 0.3) is 0 Å². The highest BCUT2D eigenvalue weighted by atomic mass is 32.2. The predicted molar refractivity (Wildman–Crippen MR) is 99.6 cm³/mol. The fraction of sp³-hybridized carbons (Fsp3) is 0.667. The predicted octanol–water partition coefficient (Wildman–Crippen LogP) is -2.48. The second kappa shape index (κ2) is 12.9. The molecule has 8 N–H and O–H groups in total. The van der Waals surface area contributed by atoms with E-state index in [0.29, 0.717) is 12.2 Å². The number of nitrogens with two attached hydrogens (primary N) is 2. The molecule has 0 aromatic rings. The standard InChI is InChI=1S/C15H27N5O6S/c1-8(16)13(23)20-9(5-6-27-2)14(24)18-7-12(22)19-10(15(25)26)3-4-11(17)21/h8-10H,3-7,16H2,1-2H3,(H2,17,21)(H,18,24)(H,19,22)(H,20,23)(H,25,26). The van der Waals surface area contributed by atoms with Gasteiger partial charge in [-0.25, -0.2) is 4.79 Å². The Balaban J connectivity index is 4.65. The second-order valence-corrected chi connectivity index (χ2v) is 6.80. The maximum Gasteiger partial charge on any atom is 0.326 e. The molecule has 0 heterocycles. The zero-order chi connectivity index (χ0) is 21.0. The SMILES string of the molecule is CSCCC(NC(=O)C(C)N)C(=O)NCC(=O)NC(CCC(N)=O)C(=O)O. The van der Waals surface area contributed by atoms with Crippen LogP contribution in [0.15, 0.2) is 0 Å². The van der Waals surface area contributed by atoms with Crippen LogP contribution in [0, 0.1) is 0 Å². The second-order valence-electron chi connectivity index (χ2n) is 5.81. The molecular weight excluding hydrogens is 378 g/mol. The first kappa shape index (κ1) is 24.7. The van der Waals surface area contributed by atoms with E-state index in [1.165, 1.54) is 18.7 Å². The first-order valence-electron chi connectivity index (χ1n) is 8.21. The van der Waals surface area contributed by atoms with Gasteiger partial charge in [-0.3, -0.25) is 19.2 Å². The Morgan fingerprint density at radius 2 is 1.67 bits per heavy atom. The Bertz CT molecular complexity index is 557. The summed E-state index contributed by atoms with van der Waals surface area (Å²) in [5, 5.41) is 16.1. The fourth-order valence-corrected chi connectivity index (χ4v) is 2.36. The molecule has 0 saturated carbocycles. The molecule has 4 amide bonds. The molecule has 11 nitrogen and oxygen atoms in total. The van der Waals surface area contributed by atoms with Gasteiger partial charge in [0, 0.05) is 6.42 Å². The molecule has 0 saturated heterocycles. The molecule has 12 heteroatoms. The number of rotatable bonds is 13. The molecule has 0 aromatic carbocycles. The molecule has 0 aliphatic carbocycles. The van der Waals surface area contributed by atoms with Crippen molar-refractivity contribution < 1.29 is 29.1 Å². The Hall–Kier alpha value is -2.34. The van der Waals surface area contributed by atoms with Crippen molar-refractivity contribution in [1.29, 1.82) is 0 Å². The minimum atomic E-state index is -1.32. The Morgan fingerprint density at radius 1 is 1.04 bits per heavy atom. The van der Waals surface area contributed by atoms with Crippen LogP contribution in [-0.2, 0) is 24.0 Å². The zero-order valence-corrected chi connectivity index (χ0v) is 16.1. The number of carbonyl (C=O) groups excluding carboxylic acids is 4. The maximum atomic E-state index is 12.2. The van der Waals surface area contributed by atoms with Crippen molar-refractivity contribution in [2.24, 2.45) is 11.5 Å². The first-order valence-corrected chi connectivity index (χ1v) is 9.60. The first-order chi connectivity index (χ1) is 12.6. The summed E-state index contributed by atoms with van der Waals surface area (Å²) >= 11 is 1.48. The highest BCUT2D eigenvalue weighted by molar-refractivity contribution is 7.98. The summed E-state index contributed by atoms with van der Waals surface area (Å²) in [5.41, 5.74) is 10.4. The van der Waals surface area contributed by atoms with Gasteiger partial charge in [0.2, 0.25) is 23.6 Å². The fourth-order valence-electron chi connectivity index (χ4n) is 1.89. The maximum absolute atomic E-state index is 12.2. The molecule has 0 rings (SSSR count). The quantitative estimate of drug-likeness (QED) is 0.194. The Kier molecular flexibility index (Phi) is 11.8. The number of primary amides is 1. The third kappa shape index (κ3) is 11.1. The van der Waals surface area contributed by atoms with Gasteiger partial charge in [0.05, 0.1) is 12.6 Å². The summed E-state index contributed by atoms with van der Waals surface area (Å²) in [5.74, 6) is -3.25. The topological polar surface area (TPSA) is 194 Å². The normalized spacial score (nSPS) is 13.7. The van der Waals surface area contributed by atoms with Crippen molar-refractivity contribution in [3.05, 3.63) is 0 Å². The molecular formula is C15H27N5O6S. The minimum Gasteiger partial charge on any atom is -0.480 e. The molecule has 0 bridgehead atoms. The van der Waals surface area contributed by atoms with Gasteiger partial charge in [-0.05, 0) is 31.8 Å². The molecule has 3 atom stereocenters. The van der Waals surface area contributed by atoms with E-state index < -0.39 is 54.3 Å². The lowest BCUT2D eigenvalue weighted by atomic mass is 10.1. The van der Waals surface area contributed by atoms with Crippen LogP contribution in [0.2, 0.25) is 0 Å². The third-order valence-corrected chi connectivity index (χ3v) is 4.04. The van der Waals surface area contributed by atoms with E-state index in [1.807, 2.05) is 6.26 Å². The number of nitrogens with one attached hydrogen (secondary N) is 3. The number of amides is 4. The van der Waals surface area contributed by atoms with E-state index in [9.17, 15) is 24.0 Å². The highest BCUT2D eigenvalue weighted by Crippen LogP contribution is 2.02. The molecule has 0 fully saturated rings. The average molecular weight is 405 g/mol. The summed E-state index contributed by atoms with van der Waals surface area (Å²) in [6.45, 7) is 0.993. The van der Waals surface area contributed by atoms with E-state index in [4.69, 9.17) is 16.6 Å². The van der Waals surface area contributed by atoms with E-state index >= 15 is 0 Å². The molecule has 154 valence electrons. The monoisotopic (exact) mass is 405 g/mol. The van der Waals surface area contributed by atoms with Gasteiger partial charge in [0.1, 0.15) is 12.1 Å². The molecule has 0 aliphatic rings. The van der Waals surface area contributed by atoms with Crippen molar-refractivity contribution in [1.82, 2.24) is 16.0 Å². The van der Waals surface area contributed by atoms with Crippen LogP contribution in [0.5, 0.6) is 0 Å². The van der Waals surface area contributed by atoms with Gasteiger partial charge >= 0.3 is 5.97 Å². The van der Waals surface area contributed by atoms with E-state index in [-0.39, 0.29) is 12.8 Å². The summed E-state index contributed by atoms with van der Waals surface area (Å²) in [6.07, 6.45) is 1.81. The minimum absolute atomic E-state index is 0.162. The highest BCUT2D eigenvalue weighted by Gasteiger charge is 2.24. The van der Waals surface area contributed by atoms with Crippen LogP contribution >= 0.6 is 11.8 Å². The number of carbonyl (C=O) groups is 5. The van der Waals surface area contributed by atoms with Gasteiger partial charge in [-0.1, -0.05) is 0 Å².